The first-order chi connectivity index (χ1) is 2.27. The van der Waals surface area contributed by atoms with Gasteiger partial charge in [0.15, 0.2) is 0 Å². The third kappa shape index (κ3) is 17.7. The van der Waals surface area contributed by atoms with Crippen LogP contribution in [0.15, 0.2) is 0 Å². The molecule has 0 nitrogen and oxygen atoms in total. The summed E-state index contributed by atoms with van der Waals surface area (Å²) in [5, 5.41) is 0. The van der Waals surface area contributed by atoms with E-state index < -0.39 is 0 Å². The number of thiocarbonyl (C=S) groups is 1. The maximum atomic E-state index is 4.37. The molecule has 0 amide bonds. The van der Waals surface area contributed by atoms with E-state index in [0.717, 1.165) is 10.3 Å². The monoisotopic (exact) mass is 186 g/mol. The molecule has 0 atom stereocenters. The van der Waals surface area contributed by atoms with Crippen LogP contribution >= 0.6 is 12.2 Å². The molecule has 0 unspecified atom stereocenters. The SMILES string of the molecule is S=[S-]C(=S)[S-].[Na+].[Na+]. The van der Waals surface area contributed by atoms with Gasteiger partial charge in [-0.25, -0.2) is 0 Å². The van der Waals surface area contributed by atoms with Crippen molar-refractivity contribution in [2.75, 3.05) is 0 Å². The van der Waals surface area contributed by atoms with Crippen LogP contribution in [-0.4, -0.2) is 3.53 Å². The summed E-state index contributed by atoms with van der Waals surface area (Å²) in [7, 11) is 1.01. The Morgan fingerprint density at radius 1 is 1.43 bits per heavy atom. The second-order valence-electron chi connectivity index (χ2n) is 0.333. The molecule has 0 radical (unpaired) electrons. The van der Waals surface area contributed by atoms with Gasteiger partial charge in [-0.1, -0.05) is 0 Å². The molecule has 0 aromatic rings. The maximum absolute atomic E-state index is 4.37. The largest absolute Gasteiger partial charge is 1.00 e. The van der Waals surface area contributed by atoms with Crippen LogP contribution in [0.25, 0.3) is 0 Å². The Kier molecular flexibility index (Phi) is 27.4. The Balaban J connectivity index is -0.0000000800. The minimum Gasteiger partial charge on any atom is -0.524 e. The Bertz CT molecular complexity index is 60.7. The molecule has 0 saturated carbocycles. The zero-order valence-corrected chi connectivity index (χ0v) is 11.4. The van der Waals surface area contributed by atoms with Crippen molar-refractivity contribution in [2.24, 2.45) is 0 Å². The molecule has 0 aromatic carbocycles. The average molecular weight is 186 g/mol. The predicted molar refractivity (Wildman–Crippen MR) is 34.7 cm³/mol. The van der Waals surface area contributed by atoms with Crippen LogP contribution in [0.4, 0.5) is 0 Å². The molecule has 0 bridgehead atoms. The molecule has 0 aliphatic heterocycles. The van der Waals surface area contributed by atoms with Crippen LogP contribution in [0, 0.1) is 0 Å². The van der Waals surface area contributed by atoms with Gasteiger partial charge >= 0.3 is 59.1 Å². The molecule has 0 fully saturated rings. The molecule has 0 spiro atoms. The number of rotatable bonds is 0. The van der Waals surface area contributed by atoms with Crippen molar-refractivity contribution in [3.63, 3.8) is 0 Å². The third-order valence-corrected chi connectivity index (χ3v) is 1.84. The van der Waals surface area contributed by atoms with Crippen LogP contribution in [0.3, 0.4) is 0 Å². The van der Waals surface area contributed by atoms with Gasteiger partial charge in [-0.2, -0.15) is 0 Å². The Hall–Kier alpha value is 2.88. The zero-order valence-electron chi connectivity index (χ0n) is 4.13. The summed E-state index contributed by atoms with van der Waals surface area (Å²) in [6.07, 6.45) is 0. The van der Waals surface area contributed by atoms with E-state index in [2.05, 4.69) is 36.0 Å². The molecule has 0 heterocycles. The van der Waals surface area contributed by atoms with Crippen molar-refractivity contribution in [3.05, 3.63) is 0 Å². The van der Waals surface area contributed by atoms with Gasteiger partial charge in [-0.3, -0.25) is 14.7 Å². The predicted octanol–water partition coefficient (Wildman–Crippen LogP) is -5.63. The summed E-state index contributed by atoms with van der Waals surface area (Å²) in [6.45, 7) is 0. The smallest absolute Gasteiger partial charge is 0.524 e. The molecule has 0 aliphatic rings. The second kappa shape index (κ2) is 11.6. The summed E-state index contributed by atoms with van der Waals surface area (Å²) in [6, 6.07) is 0. The van der Waals surface area contributed by atoms with Crippen LogP contribution in [0.2, 0.25) is 0 Å². The molecule has 7 heavy (non-hydrogen) atoms. The number of hydrogen-bond donors (Lipinski definition) is 0. The minimum absolute atomic E-state index is 0. The van der Waals surface area contributed by atoms with E-state index in [1.807, 2.05) is 0 Å². The average Bonchev–Trinajstić information content (AvgIpc) is 1.38. The Morgan fingerprint density at radius 2 is 1.57 bits per heavy atom. The van der Waals surface area contributed by atoms with Gasteiger partial charge in [-0.15, -0.1) is 0 Å². The maximum Gasteiger partial charge on any atom is 1.00 e. The summed E-state index contributed by atoms with van der Waals surface area (Å²) in [5.41, 5.74) is 0. The first-order valence-corrected chi connectivity index (χ1v) is 3.34. The van der Waals surface area contributed by atoms with E-state index in [-0.39, 0.29) is 59.1 Å². The second-order valence-corrected chi connectivity index (χ2v) is 3.00. The summed E-state index contributed by atoms with van der Waals surface area (Å²) in [4.78, 5) is 0. The van der Waals surface area contributed by atoms with Gasteiger partial charge in [-0.05, 0) is 0 Å². The van der Waals surface area contributed by atoms with E-state index >= 15 is 0 Å². The van der Waals surface area contributed by atoms with Gasteiger partial charge in [0.2, 0.25) is 0 Å². The minimum atomic E-state index is 0. The van der Waals surface area contributed by atoms with Crippen molar-refractivity contribution in [1.29, 1.82) is 0 Å². The molecule has 0 rings (SSSR count). The van der Waals surface area contributed by atoms with Gasteiger partial charge in [0.1, 0.15) is 0 Å². The summed E-state index contributed by atoms with van der Waals surface area (Å²) >= 11 is 13.1. The summed E-state index contributed by atoms with van der Waals surface area (Å²) in [5.74, 6) is 0. The van der Waals surface area contributed by atoms with Gasteiger partial charge in [0.05, 0.1) is 0 Å². The van der Waals surface area contributed by atoms with Gasteiger partial charge < -0.3 is 35.2 Å². The molecular formula is CNa2S4. The fourth-order valence-corrected chi connectivity index (χ4v) is 0. The molecule has 0 saturated heterocycles. The molecular weight excluding hydrogens is 186 g/mol. The molecule has 0 aliphatic carbocycles. The van der Waals surface area contributed by atoms with E-state index in [1.165, 1.54) is 0 Å². The fraction of sp³-hybridized carbons (Fsp3) is 0. The van der Waals surface area contributed by atoms with Gasteiger partial charge in [0, 0.05) is 0 Å². The quantitative estimate of drug-likeness (QED) is 0.210. The van der Waals surface area contributed by atoms with Crippen molar-refractivity contribution in [3.8, 4) is 0 Å². The van der Waals surface area contributed by atoms with Crippen molar-refractivity contribution < 1.29 is 59.1 Å². The van der Waals surface area contributed by atoms with E-state index in [9.17, 15) is 0 Å². The first-order valence-electron chi connectivity index (χ1n) is 0.779. The van der Waals surface area contributed by atoms with Crippen LogP contribution in [0.1, 0.15) is 0 Å². The molecule has 0 N–H and O–H groups in total. The molecule has 30 valence electrons. The number of hydrogen-bond acceptors (Lipinski definition) is 4. The van der Waals surface area contributed by atoms with Gasteiger partial charge in [0.25, 0.3) is 0 Å². The normalized spacial score (nSPS) is 5.14. The summed E-state index contributed by atoms with van der Waals surface area (Å²) < 4.78 is 0.403. The van der Waals surface area contributed by atoms with E-state index in [4.69, 9.17) is 0 Å². The molecule has 6 heteroatoms. The van der Waals surface area contributed by atoms with E-state index in [0.29, 0.717) is 3.53 Å². The topological polar surface area (TPSA) is 0 Å². The van der Waals surface area contributed by atoms with Crippen molar-refractivity contribution in [1.82, 2.24) is 0 Å². The third-order valence-electron chi connectivity index (χ3n) is 0.0680. The van der Waals surface area contributed by atoms with E-state index in [1.54, 1.807) is 0 Å². The molecule has 0 aromatic heterocycles. The van der Waals surface area contributed by atoms with Crippen molar-refractivity contribution >= 4 is 49.9 Å². The zero-order chi connectivity index (χ0) is 4.28. The van der Waals surface area contributed by atoms with Crippen molar-refractivity contribution in [2.45, 2.75) is 0 Å². The van der Waals surface area contributed by atoms with Crippen LogP contribution in [0.5, 0.6) is 0 Å². The van der Waals surface area contributed by atoms with Crippen LogP contribution in [-0.2, 0) is 34.1 Å². The first kappa shape index (κ1) is 16.5. The Labute approximate surface area is 107 Å². The fourth-order valence-electron chi connectivity index (χ4n) is 0. The standard InChI is InChI=1S/CHS4.2Na/c2-1(3)5-4;;/h(H,2,3);;/q-1;2*+1/p-1. The Morgan fingerprint density at radius 3 is 1.57 bits per heavy atom. The van der Waals surface area contributed by atoms with Crippen LogP contribution < -0.4 is 59.1 Å².